The molecule has 32 heavy (non-hydrogen) atoms. The summed E-state index contributed by atoms with van der Waals surface area (Å²) in [6.07, 6.45) is 4.66. The Bertz CT molecular complexity index is 984. The van der Waals surface area contributed by atoms with Gasteiger partial charge in [0.15, 0.2) is 5.76 Å². The molecule has 3 aliphatic heterocycles. The number of hydrogen-bond donors (Lipinski definition) is 0. The Morgan fingerprint density at radius 1 is 1.00 bits per heavy atom. The standard InChI is InChI=1S/C21H26N6O4S/c28-17-6-2-8-27(17)21-23-22-20(32-21)26-7-1-4-15(14-26)18(29)24-9-11-25(12-10-24)19(30)16-5-3-13-31-16/h3,5,13,15H,1-2,4,6-12,14H2. The summed E-state index contributed by atoms with van der Waals surface area (Å²) in [5.41, 5.74) is 0. The Labute approximate surface area is 189 Å². The molecule has 3 aliphatic rings. The van der Waals surface area contributed by atoms with Crippen LogP contribution in [-0.2, 0) is 9.59 Å². The lowest BCUT2D eigenvalue weighted by molar-refractivity contribution is -0.137. The zero-order chi connectivity index (χ0) is 22.1. The van der Waals surface area contributed by atoms with Gasteiger partial charge in [-0.05, 0) is 31.4 Å². The molecule has 3 fully saturated rings. The largest absolute Gasteiger partial charge is 0.459 e. The van der Waals surface area contributed by atoms with Crippen molar-refractivity contribution in [1.29, 1.82) is 0 Å². The highest BCUT2D eigenvalue weighted by Gasteiger charge is 2.34. The average Bonchev–Trinajstić information content (AvgIpc) is 3.60. The third-order valence-electron chi connectivity index (χ3n) is 6.36. The molecule has 1 atom stereocenters. The smallest absolute Gasteiger partial charge is 0.289 e. The molecule has 0 spiro atoms. The number of nitrogens with zero attached hydrogens (tertiary/aromatic N) is 6. The van der Waals surface area contributed by atoms with Gasteiger partial charge in [-0.1, -0.05) is 11.3 Å². The van der Waals surface area contributed by atoms with Crippen LogP contribution in [0.25, 0.3) is 0 Å². The predicted octanol–water partition coefficient (Wildman–Crippen LogP) is 1.46. The number of carbonyl (C=O) groups is 3. The van der Waals surface area contributed by atoms with Gasteiger partial charge in [-0.2, -0.15) is 0 Å². The van der Waals surface area contributed by atoms with Crippen molar-refractivity contribution in [2.24, 2.45) is 5.92 Å². The van der Waals surface area contributed by atoms with Crippen LogP contribution in [0.1, 0.15) is 36.2 Å². The van der Waals surface area contributed by atoms with E-state index in [0.29, 0.717) is 56.6 Å². The molecule has 0 aromatic carbocycles. The summed E-state index contributed by atoms with van der Waals surface area (Å²) < 4.78 is 5.20. The third kappa shape index (κ3) is 4.08. The average molecular weight is 459 g/mol. The Balaban J connectivity index is 1.17. The Kier molecular flexibility index (Phi) is 5.81. The summed E-state index contributed by atoms with van der Waals surface area (Å²) in [5.74, 6) is 0.342. The van der Waals surface area contributed by atoms with E-state index in [4.69, 9.17) is 4.42 Å². The summed E-state index contributed by atoms with van der Waals surface area (Å²) in [6.45, 7) is 4.20. The first-order valence-corrected chi connectivity index (χ1v) is 11.9. The van der Waals surface area contributed by atoms with Crippen LogP contribution >= 0.6 is 11.3 Å². The van der Waals surface area contributed by atoms with Crippen LogP contribution in [0.4, 0.5) is 10.3 Å². The minimum absolute atomic E-state index is 0.100. The van der Waals surface area contributed by atoms with E-state index in [-0.39, 0.29) is 23.6 Å². The lowest BCUT2D eigenvalue weighted by Gasteiger charge is -2.38. The molecule has 0 saturated carbocycles. The van der Waals surface area contributed by atoms with E-state index >= 15 is 0 Å². The first-order chi connectivity index (χ1) is 15.6. The fourth-order valence-corrected chi connectivity index (χ4v) is 5.52. The number of carbonyl (C=O) groups excluding carboxylic acids is 3. The molecule has 5 heterocycles. The molecule has 170 valence electrons. The molecule has 0 aliphatic carbocycles. The fourth-order valence-electron chi connectivity index (χ4n) is 4.59. The molecule has 2 aromatic rings. The first kappa shape index (κ1) is 20.9. The zero-order valence-corrected chi connectivity index (χ0v) is 18.6. The molecule has 11 heteroatoms. The quantitative estimate of drug-likeness (QED) is 0.683. The van der Waals surface area contributed by atoms with Gasteiger partial charge in [-0.3, -0.25) is 19.3 Å². The molecular formula is C21H26N6O4S. The van der Waals surface area contributed by atoms with Crippen molar-refractivity contribution in [1.82, 2.24) is 20.0 Å². The molecule has 0 bridgehead atoms. The number of piperazine rings is 1. The van der Waals surface area contributed by atoms with E-state index in [9.17, 15) is 14.4 Å². The summed E-state index contributed by atoms with van der Waals surface area (Å²) in [5, 5.41) is 9.94. The minimum Gasteiger partial charge on any atom is -0.459 e. The van der Waals surface area contributed by atoms with Gasteiger partial charge in [0.2, 0.25) is 22.1 Å². The second kappa shape index (κ2) is 8.89. The molecule has 2 aromatic heterocycles. The van der Waals surface area contributed by atoms with E-state index < -0.39 is 0 Å². The molecule has 1 unspecified atom stereocenters. The van der Waals surface area contributed by atoms with Crippen molar-refractivity contribution < 1.29 is 18.8 Å². The first-order valence-electron chi connectivity index (χ1n) is 11.1. The van der Waals surface area contributed by atoms with E-state index in [1.807, 2.05) is 4.90 Å². The monoisotopic (exact) mass is 458 g/mol. The van der Waals surface area contributed by atoms with E-state index in [1.54, 1.807) is 21.9 Å². The predicted molar refractivity (Wildman–Crippen MR) is 118 cm³/mol. The number of rotatable bonds is 4. The second-order valence-electron chi connectivity index (χ2n) is 8.40. The van der Waals surface area contributed by atoms with Crippen molar-refractivity contribution in [2.45, 2.75) is 25.7 Å². The van der Waals surface area contributed by atoms with Gasteiger partial charge in [0, 0.05) is 52.2 Å². The van der Waals surface area contributed by atoms with Crippen LogP contribution in [0.3, 0.4) is 0 Å². The van der Waals surface area contributed by atoms with Crippen molar-refractivity contribution in [3.63, 3.8) is 0 Å². The number of hydrogen-bond acceptors (Lipinski definition) is 8. The van der Waals surface area contributed by atoms with Gasteiger partial charge >= 0.3 is 0 Å². The maximum atomic E-state index is 13.2. The summed E-state index contributed by atoms with van der Waals surface area (Å²) in [7, 11) is 0. The van der Waals surface area contributed by atoms with Gasteiger partial charge < -0.3 is 19.1 Å². The van der Waals surface area contributed by atoms with Crippen molar-refractivity contribution in [3.8, 4) is 0 Å². The van der Waals surface area contributed by atoms with Crippen molar-refractivity contribution in [2.75, 3.05) is 55.6 Å². The van der Waals surface area contributed by atoms with Gasteiger partial charge in [-0.25, -0.2) is 0 Å². The Morgan fingerprint density at radius 2 is 1.78 bits per heavy atom. The number of furan rings is 1. The molecular weight excluding hydrogens is 432 g/mol. The highest BCUT2D eigenvalue weighted by Crippen LogP contribution is 2.32. The Hall–Kier alpha value is -2.95. The number of amides is 3. The summed E-state index contributed by atoms with van der Waals surface area (Å²) in [6, 6.07) is 3.36. The topological polar surface area (TPSA) is 103 Å². The molecule has 0 radical (unpaired) electrons. The van der Waals surface area contributed by atoms with Crippen LogP contribution in [0.2, 0.25) is 0 Å². The SMILES string of the molecule is O=C(c1ccco1)N1CCN(C(=O)C2CCCN(c3nnc(N4CCCC4=O)s3)C2)CC1. The molecule has 10 nitrogen and oxygen atoms in total. The lowest BCUT2D eigenvalue weighted by Crippen LogP contribution is -2.53. The summed E-state index contributed by atoms with van der Waals surface area (Å²) >= 11 is 1.42. The van der Waals surface area contributed by atoms with E-state index in [1.165, 1.54) is 17.6 Å². The molecule has 3 amide bonds. The van der Waals surface area contributed by atoms with Crippen LogP contribution in [0, 0.1) is 5.92 Å². The Morgan fingerprint density at radius 3 is 2.50 bits per heavy atom. The summed E-state index contributed by atoms with van der Waals surface area (Å²) in [4.78, 5) is 45.0. The molecule has 0 N–H and O–H groups in total. The van der Waals surface area contributed by atoms with Crippen LogP contribution < -0.4 is 9.80 Å². The maximum Gasteiger partial charge on any atom is 0.289 e. The molecule has 5 rings (SSSR count). The fraction of sp³-hybridized carbons (Fsp3) is 0.571. The minimum atomic E-state index is -0.130. The molecule has 3 saturated heterocycles. The normalized spacial score (nSPS) is 22.0. The number of piperidine rings is 1. The third-order valence-corrected chi connectivity index (χ3v) is 7.37. The number of anilines is 2. The van der Waals surface area contributed by atoms with Crippen molar-refractivity contribution >= 4 is 39.3 Å². The lowest BCUT2D eigenvalue weighted by atomic mass is 9.96. The van der Waals surface area contributed by atoms with Crippen LogP contribution in [0.5, 0.6) is 0 Å². The van der Waals surface area contributed by atoms with Gasteiger partial charge in [0.1, 0.15) is 0 Å². The van der Waals surface area contributed by atoms with Crippen molar-refractivity contribution in [3.05, 3.63) is 24.2 Å². The van der Waals surface area contributed by atoms with E-state index in [0.717, 1.165) is 30.9 Å². The number of aromatic nitrogens is 2. The van der Waals surface area contributed by atoms with Crippen LogP contribution in [-0.4, -0.2) is 83.5 Å². The van der Waals surface area contributed by atoms with Gasteiger partial charge in [0.25, 0.3) is 5.91 Å². The van der Waals surface area contributed by atoms with Crippen LogP contribution in [0.15, 0.2) is 22.8 Å². The highest BCUT2D eigenvalue weighted by atomic mass is 32.1. The zero-order valence-electron chi connectivity index (χ0n) is 17.8. The van der Waals surface area contributed by atoms with Gasteiger partial charge in [-0.15, -0.1) is 10.2 Å². The van der Waals surface area contributed by atoms with Gasteiger partial charge in [0.05, 0.1) is 12.2 Å². The second-order valence-corrected chi connectivity index (χ2v) is 9.33. The van der Waals surface area contributed by atoms with E-state index in [2.05, 4.69) is 15.1 Å². The maximum absolute atomic E-state index is 13.2. The highest BCUT2D eigenvalue weighted by molar-refractivity contribution is 7.19.